The summed E-state index contributed by atoms with van der Waals surface area (Å²) in [4.78, 5) is 15.6. The first kappa shape index (κ1) is 20.7. The molecular formula is C28H30N2O3. The molecule has 2 aliphatic carbocycles. The van der Waals surface area contributed by atoms with Gasteiger partial charge in [0.1, 0.15) is 0 Å². The van der Waals surface area contributed by atoms with Crippen molar-refractivity contribution in [2.24, 2.45) is 0 Å². The highest BCUT2D eigenvalue weighted by Gasteiger charge is 2.45. The second kappa shape index (κ2) is 7.86. The predicted molar refractivity (Wildman–Crippen MR) is 130 cm³/mol. The zero-order valence-electron chi connectivity index (χ0n) is 19.2. The third-order valence-corrected chi connectivity index (χ3v) is 7.42. The summed E-state index contributed by atoms with van der Waals surface area (Å²) in [5, 5.41) is 12.8. The van der Waals surface area contributed by atoms with Crippen molar-refractivity contribution in [3.8, 4) is 11.1 Å². The van der Waals surface area contributed by atoms with Gasteiger partial charge in [-0.25, -0.2) is 0 Å². The van der Waals surface area contributed by atoms with Gasteiger partial charge in [0.2, 0.25) is 0 Å². The van der Waals surface area contributed by atoms with Crippen molar-refractivity contribution in [2.45, 2.75) is 51.3 Å². The van der Waals surface area contributed by atoms with Gasteiger partial charge < -0.3 is 20.1 Å². The molecule has 0 fully saturated rings. The van der Waals surface area contributed by atoms with Crippen molar-refractivity contribution in [3.63, 3.8) is 0 Å². The largest absolute Gasteiger partial charge is 0.396 e. The fraction of sp³-hybridized carbons (Fsp3) is 0.393. The first-order valence-electron chi connectivity index (χ1n) is 12.0. The number of carbonyl (C=O) groups is 1. The van der Waals surface area contributed by atoms with Gasteiger partial charge >= 0.3 is 0 Å². The number of nitrogens with zero attached hydrogens (tertiary/aromatic N) is 1. The first-order valence-corrected chi connectivity index (χ1v) is 12.0. The molecule has 2 aliphatic heterocycles. The van der Waals surface area contributed by atoms with E-state index in [1.54, 1.807) is 0 Å². The molecule has 5 heteroatoms. The molecule has 0 bridgehead atoms. The monoisotopic (exact) mass is 442 g/mol. The lowest BCUT2D eigenvalue weighted by molar-refractivity contribution is 0.0965. The van der Waals surface area contributed by atoms with E-state index in [1.165, 1.54) is 33.5 Å². The van der Waals surface area contributed by atoms with Crippen LogP contribution >= 0.6 is 0 Å². The third kappa shape index (κ3) is 3.10. The van der Waals surface area contributed by atoms with Crippen molar-refractivity contribution in [1.82, 2.24) is 5.32 Å². The molecule has 33 heavy (non-hydrogen) atoms. The van der Waals surface area contributed by atoms with Gasteiger partial charge in [0.15, 0.2) is 0 Å². The molecular weight excluding hydrogens is 412 g/mol. The van der Waals surface area contributed by atoms with Crippen molar-refractivity contribution >= 4 is 11.6 Å². The topological polar surface area (TPSA) is 61.8 Å². The summed E-state index contributed by atoms with van der Waals surface area (Å²) in [5.74, 6) is 0.231. The van der Waals surface area contributed by atoms with Crippen LogP contribution in [0.5, 0.6) is 0 Å². The van der Waals surface area contributed by atoms with E-state index in [0.29, 0.717) is 13.2 Å². The van der Waals surface area contributed by atoms with E-state index in [1.807, 2.05) is 0 Å². The summed E-state index contributed by atoms with van der Waals surface area (Å²) in [6.07, 6.45) is 8.59. The number of amides is 1. The smallest absolute Gasteiger partial charge is 0.252 e. The number of hydrogen-bond donors (Lipinski definition) is 2. The van der Waals surface area contributed by atoms with Crippen LogP contribution < -0.4 is 10.2 Å². The van der Waals surface area contributed by atoms with E-state index in [-0.39, 0.29) is 30.6 Å². The summed E-state index contributed by atoms with van der Waals surface area (Å²) in [7, 11) is 0. The van der Waals surface area contributed by atoms with Gasteiger partial charge in [0, 0.05) is 43.3 Å². The van der Waals surface area contributed by atoms with Gasteiger partial charge in [-0.1, -0.05) is 42.5 Å². The van der Waals surface area contributed by atoms with Crippen LogP contribution in [-0.4, -0.2) is 42.9 Å². The summed E-state index contributed by atoms with van der Waals surface area (Å²) in [6, 6.07) is 8.68. The van der Waals surface area contributed by atoms with Gasteiger partial charge in [-0.3, -0.25) is 4.79 Å². The number of rotatable bonds is 6. The van der Waals surface area contributed by atoms with Gasteiger partial charge in [0.25, 0.3) is 5.91 Å². The number of aliphatic hydroxyl groups excluding tert-OH is 1. The molecule has 170 valence electrons. The molecule has 1 amide bonds. The summed E-state index contributed by atoms with van der Waals surface area (Å²) in [5.41, 5.74) is 10.7. The molecule has 2 unspecified atom stereocenters. The summed E-state index contributed by atoms with van der Waals surface area (Å²) >= 11 is 0. The molecule has 0 radical (unpaired) electrons. The standard InChI is InChI=1S/C28H30N2O3/c1-16(2)33-15-17-8-9-23-20(12-17)25-22-14-29-28(32)26(22)24-19-7-4-3-6-18(19)13-21(24)27(25)30(23)10-5-11-31/h3-4,6-9,12,16,20,23,31H,5,10-11,13-15H2,1-2H3,(H,29,32). The predicted octanol–water partition coefficient (Wildman–Crippen LogP) is 4.08. The number of ether oxygens (including phenoxy) is 1. The highest BCUT2D eigenvalue weighted by atomic mass is 16.5. The maximum absolute atomic E-state index is 13.1. The van der Waals surface area contributed by atoms with Crippen molar-refractivity contribution in [3.05, 3.63) is 75.9 Å². The molecule has 2 atom stereocenters. The molecule has 5 nitrogen and oxygen atoms in total. The molecule has 0 saturated heterocycles. The lowest BCUT2D eigenvalue weighted by Crippen LogP contribution is -2.35. The van der Waals surface area contributed by atoms with E-state index in [0.717, 1.165) is 36.1 Å². The molecule has 2 aromatic carbocycles. The Kier molecular flexibility index (Phi) is 4.93. The van der Waals surface area contributed by atoms with Crippen LogP contribution in [0.3, 0.4) is 0 Å². The SMILES string of the molecule is CC(C)OCC1=CC2c3c4c(c5c(c3N(CCCO)C2C=C1)Cc1ccccc1-5)C(=O)NC4. The molecule has 2 heterocycles. The van der Waals surface area contributed by atoms with Crippen LogP contribution in [0.4, 0.5) is 5.69 Å². The molecule has 0 spiro atoms. The Morgan fingerprint density at radius 1 is 1.21 bits per heavy atom. The quantitative estimate of drug-likeness (QED) is 0.604. The van der Waals surface area contributed by atoms with Gasteiger partial charge in [-0.15, -0.1) is 0 Å². The third-order valence-electron chi connectivity index (χ3n) is 7.42. The maximum Gasteiger partial charge on any atom is 0.252 e. The second-order valence-electron chi connectivity index (χ2n) is 9.73. The molecule has 0 aromatic heterocycles. The van der Waals surface area contributed by atoms with Crippen LogP contribution in [0.25, 0.3) is 11.1 Å². The minimum absolute atomic E-state index is 0.0461. The Hall–Kier alpha value is -2.89. The van der Waals surface area contributed by atoms with Gasteiger partial charge in [0.05, 0.1) is 24.3 Å². The summed E-state index contributed by atoms with van der Waals surface area (Å²) < 4.78 is 5.90. The van der Waals surface area contributed by atoms with E-state index in [2.05, 4.69) is 66.6 Å². The number of benzene rings is 2. The fourth-order valence-corrected chi connectivity index (χ4v) is 6.11. The minimum atomic E-state index is 0.0461. The average Bonchev–Trinajstić information content (AvgIpc) is 3.47. The Labute approximate surface area is 194 Å². The number of nitrogens with one attached hydrogen (secondary N) is 1. The molecule has 2 N–H and O–H groups in total. The molecule has 2 aromatic rings. The Morgan fingerprint density at radius 2 is 2.06 bits per heavy atom. The zero-order valence-corrected chi connectivity index (χ0v) is 19.2. The van der Waals surface area contributed by atoms with Crippen LogP contribution in [0.1, 0.15) is 58.8 Å². The second-order valence-corrected chi connectivity index (χ2v) is 9.73. The Balaban J connectivity index is 1.56. The van der Waals surface area contributed by atoms with Crippen LogP contribution in [0.15, 0.2) is 48.1 Å². The van der Waals surface area contributed by atoms with Crippen LogP contribution in [-0.2, 0) is 17.7 Å². The number of carbonyl (C=O) groups excluding carboxylic acids is 1. The van der Waals surface area contributed by atoms with Crippen LogP contribution in [0.2, 0.25) is 0 Å². The van der Waals surface area contributed by atoms with Crippen molar-refractivity contribution in [1.29, 1.82) is 0 Å². The number of hydrogen-bond acceptors (Lipinski definition) is 4. The lowest BCUT2D eigenvalue weighted by atomic mass is 9.83. The van der Waals surface area contributed by atoms with Crippen LogP contribution in [0, 0.1) is 0 Å². The Bertz CT molecular complexity index is 1210. The summed E-state index contributed by atoms with van der Waals surface area (Å²) in [6.45, 7) is 6.26. The van der Waals surface area contributed by atoms with Gasteiger partial charge in [-0.2, -0.15) is 0 Å². The number of aliphatic hydroxyl groups is 1. The lowest BCUT2D eigenvalue weighted by Gasteiger charge is -2.30. The van der Waals surface area contributed by atoms with Crippen molar-refractivity contribution in [2.75, 3.05) is 24.7 Å². The van der Waals surface area contributed by atoms with E-state index >= 15 is 0 Å². The number of fused-ring (bicyclic) bond motifs is 10. The highest BCUT2D eigenvalue weighted by molar-refractivity contribution is 6.09. The fourth-order valence-electron chi connectivity index (χ4n) is 6.11. The van der Waals surface area contributed by atoms with E-state index in [9.17, 15) is 9.90 Å². The normalized spacial score (nSPS) is 21.5. The molecule has 6 rings (SSSR count). The molecule has 4 aliphatic rings. The van der Waals surface area contributed by atoms with E-state index in [4.69, 9.17) is 4.74 Å². The van der Waals surface area contributed by atoms with E-state index < -0.39 is 0 Å². The highest BCUT2D eigenvalue weighted by Crippen LogP contribution is 2.55. The maximum atomic E-state index is 13.1. The first-order chi connectivity index (χ1) is 16.1. The average molecular weight is 443 g/mol. The van der Waals surface area contributed by atoms with Gasteiger partial charge in [-0.05, 0) is 53.7 Å². The molecule has 0 saturated carbocycles. The number of anilines is 1. The zero-order chi connectivity index (χ0) is 22.7. The van der Waals surface area contributed by atoms with Crippen molar-refractivity contribution < 1.29 is 14.6 Å². The minimum Gasteiger partial charge on any atom is -0.396 e. The Morgan fingerprint density at radius 3 is 2.88 bits per heavy atom.